The first kappa shape index (κ1) is 52.0. The van der Waals surface area contributed by atoms with Gasteiger partial charge in [0, 0.05) is 65.3 Å². The fourth-order valence-electron chi connectivity index (χ4n) is 16.4. The number of nitrogens with zero attached hydrogens (tertiary/aromatic N) is 6. The molecule has 0 atom stereocenters. The number of benzene rings is 13. The lowest BCUT2D eigenvalue weighted by Gasteiger charge is -2.22. The largest absolute Gasteiger partial charge is 0.319 e. The predicted octanol–water partition coefficient (Wildman–Crippen LogP) is 22.4. The Morgan fingerprint density at radius 2 is 0.663 bits per heavy atom. The summed E-state index contributed by atoms with van der Waals surface area (Å²) < 4.78 is 9.25. The third-order valence-electron chi connectivity index (χ3n) is 20.8. The van der Waals surface area contributed by atoms with E-state index in [4.69, 9.17) is 0 Å². The van der Waals surface area contributed by atoms with Crippen LogP contribution in [0.25, 0.3) is 159 Å². The van der Waals surface area contributed by atoms with E-state index in [0.717, 1.165) is 88.3 Å². The Bertz CT molecular complexity index is 5820. The van der Waals surface area contributed by atoms with Crippen LogP contribution in [0.5, 0.6) is 0 Å². The monoisotopic (exact) mass is 1170 g/mol. The van der Waals surface area contributed by atoms with E-state index in [2.05, 4.69) is 312 Å². The molecule has 13 aromatic carbocycles. The molecule has 0 saturated carbocycles. The van der Waals surface area contributed by atoms with Crippen LogP contribution in [0.3, 0.4) is 0 Å². The summed E-state index contributed by atoms with van der Waals surface area (Å²) in [5.41, 5.74) is 26.9. The molecule has 0 saturated heterocycles. The molecule has 0 aliphatic heterocycles. The van der Waals surface area contributed by atoms with Crippen molar-refractivity contribution in [3.8, 4) is 73.3 Å². The minimum absolute atomic E-state index is 0.284. The van der Waals surface area contributed by atoms with Crippen LogP contribution in [0.1, 0.15) is 55.5 Å². The Morgan fingerprint density at radius 1 is 0.304 bits per heavy atom. The summed E-state index contributed by atoms with van der Waals surface area (Å²) in [6.07, 6.45) is 0. The summed E-state index contributed by atoms with van der Waals surface area (Å²) in [5.74, 6) is 0. The maximum atomic E-state index is 11.8. The predicted molar refractivity (Wildman–Crippen MR) is 381 cm³/mol. The summed E-state index contributed by atoms with van der Waals surface area (Å²) in [4.78, 5) is 4.45. The molecule has 19 rings (SSSR count). The molecule has 0 bridgehead atoms. The van der Waals surface area contributed by atoms with Gasteiger partial charge in [0.05, 0.1) is 67.6 Å². The quantitative estimate of drug-likeness (QED) is 0.153. The topological polar surface area (TPSA) is 47.9 Å². The van der Waals surface area contributed by atoms with E-state index in [-0.39, 0.29) is 10.8 Å². The minimum atomic E-state index is -0.285. The van der Waals surface area contributed by atoms with Gasteiger partial charge in [-0.3, -0.25) is 0 Å². The highest BCUT2D eigenvalue weighted by Gasteiger charge is 2.38. The molecule has 4 heterocycles. The summed E-state index contributed by atoms with van der Waals surface area (Å²) in [6, 6.07) is 99.7. The molecule has 2 aliphatic carbocycles. The summed E-state index contributed by atoms with van der Waals surface area (Å²) in [6.45, 7) is 18.5. The number of fused-ring (bicyclic) bond motifs is 18. The highest BCUT2D eigenvalue weighted by atomic mass is 15.0. The zero-order valence-electron chi connectivity index (χ0n) is 51.1. The molecule has 0 amide bonds. The standard InChI is InChI=1S/C86H56N6/c1-85(2)70-28-16-12-24-58(70)62-45-68-66-42-53(51-32-36-77-64(40-51)60-26-14-18-30-75(60)89(77)56-20-8-6-9-21-56)34-38-79(66)91(82(68)47-72(62)85)81-49-74(88-5)84(44-55(81)50-87)92-80-39-35-54(43-67(80)69-46-63-59-25-13-17-29-71(59)86(3,4)73(63)48-83(69)92)52-33-37-78-65(41-52)61-27-15-19-31-76(61)90(78)57-22-10-7-11-23-57/h6-49H,1-4H3. The van der Waals surface area contributed by atoms with Gasteiger partial charge in [-0.05, 0) is 188 Å². The smallest absolute Gasteiger partial charge is 0.212 e. The van der Waals surface area contributed by atoms with Gasteiger partial charge < -0.3 is 18.3 Å². The van der Waals surface area contributed by atoms with E-state index in [9.17, 15) is 11.8 Å². The third-order valence-corrected chi connectivity index (χ3v) is 20.8. The lowest BCUT2D eigenvalue weighted by molar-refractivity contribution is 0.661. The van der Waals surface area contributed by atoms with Gasteiger partial charge in [0.1, 0.15) is 6.07 Å². The second-order valence-electron chi connectivity index (χ2n) is 26.2. The fraction of sp³-hybridized carbons (Fsp3) is 0.0698. The zero-order valence-corrected chi connectivity index (χ0v) is 51.1. The number of hydrogen-bond acceptors (Lipinski definition) is 1. The van der Waals surface area contributed by atoms with Gasteiger partial charge in [-0.25, -0.2) is 4.85 Å². The van der Waals surface area contributed by atoms with Crippen LogP contribution in [-0.4, -0.2) is 18.3 Å². The molecular weight excluding hydrogens is 1120 g/mol. The van der Waals surface area contributed by atoms with Crippen molar-refractivity contribution < 1.29 is 0 Å². The Morgan fingerprint density at radius 3 is 1.10 bits per heavy atom. The lowest BCUT2D eigenvalue weighted by Crippen LogP contribution is -2.15. The molecule has 4 aromatic heterocycles. The van der Waals surface area contributed by atoms with Gasteiger partial charge in [0.25, 0.3) is 0 Å². The molecule has 92 heavy (non-hydrogen) atoms. The lowest BCUT2D eigenvalue weighted by atomic mass is 9.82. The van der Waals surface area contributed by atoms with Gasteiger partial charge in [0.2, 0.25) is 5.69 Å². The second kappa shape index (κ2) is 18.8. The molecule has 0 spiro atoms. The number of rotatable bonds is 6. The second-order valence-corrected chi connectivity index (χ2v) is 26.2. The Balaban J connectivity index is 0.824. The van der Waals surface area contributed by atoms with Crippen molar-refractivity contribution in [2.75, 3.05) is 0 Å². The molecule has 0 unspecified atom stereocenters. The first-order valence-corrected chi connectivity index (χ1v) is 31.7. The van der Waals surface area contributed by atoms with Gasteiger partial charge in [-0.2, -0.15) is 5.26 Å². The number of hydrogen-bond donors (Lipinski definition) is 0. The SMILES string of the molecule is [C-]#[N+]c1cc(-n2c3ccc(-c4ccc5c(c4)c4ccccc4n5-c4ccccc4)cc3c3cc4c(cc32)C(C)(C)c2ccccc2-4)c(C#N)cc1-n1c2ccc(-c3ccc4c(c3)c3ccccc3n4-c3ccccc3)cc2c2cc3c(cc21)C(C)(C)c1ccccc1-3. The Kier molecular flexibility index (Phi) is 10.6. The molecule has 0 radical (unpaired) electrons. The van der Waals surface area contributed by atoms with Crippen LogP contribution in [0.15, 0.2) is 267 Å². The fourth-order valence-corrected chi connectivity index (χ4v) is 16.4. The van der Waals surface area contributed by atoms with Crippen molar-refractivity contribution in [1.29, 1.82) is 5.26 Å². The van der Waals surface area contributed by atoms with Crippen LogP contribution >= 0.6 is 0 Å². The molecule has 17 aromatic rings. The number of para-hydroxylation sites is 4. The van der Waals surface area contributed by atoms with E-state index < -0.39 is 0 Å². The van der Waals surface area contributed by atoms with E-state index in [1.54, 1.807) is 0 Å². The molecule has 6 heteroatoms. The normalized spacial score (nSPS) is 13.6. The van der Waals surface area contributed by atoms with Crippen LogP contribution in [0.4, 0.5) is 5.69 Å². The van der Waals surface area contributed by atoms with Crippen LogP contribution in [0.2, 0.25) is 0 Å². The van der Waals surface area contributed by atoms with Gasteiger partial charge >= 0.3 is 0 Å². The van der Waals surface area contributed by atoms with Crippen LogP contribution in [0, 0.1) is 17.9 Å². The van der Waals surface area contributed by atoms with Crippen molar-refractivity contribution in [3.63, 3.8) is 0 Å². The molecule has 0 N–H and O–H groups in total. The van der Waals surface area contributed by atoms with E-state index in [1.807, 2.05) is 12.1 Å². The Hall–Kier alpha value is -12.0. The minimum Gasteiger partial charge on any atom is -0.319 e. The van der Waals surface area contributed by atoms with Crippen molar-refractivity contribution >= 4 is 92.9 Å². The average Bonchev–Trinajstić information content (AvgIpc) is 1.55. The van der Waals surface area contributed by atoms with Gasteiger partial charge in [-0.15, -0.1) is 0 Å². The third kappa shape index (κ3) is 7.07. The van der Waals surface area contributed by atoms with Gasteiger partial charge in [0.15, 0.2) is 0 Å². The van der Waals surface area contributed by atoms with Crippen molar-refractivity contribution in [2.24, 2.45) is 0 Å². The number of aromatic nitrogens is 4. The average molecular weight is 1170 g/mol. The van der Waals surface area contributed by atoms with E-state index in [0.29, 0.717) is 22.6 Å². The van der Waals surface area contributed by atoms with Crippen LogP contribution < -0.4 is 0 Å². The Labute approximate surface area is 531 Å². The maximum Gasteiger partial charge on any atom is 0.212 e. The molecular formula is C86H56N6. The zero-order chi connectivity index (χ0) is 61.5. The van der Waals surface area contributed by atoms with Crippen molar-refractivity contribution in [3.05, 3.63) is 306 Å². The molecule has 0 fully saturated rings. The summed E-state index contributed by atoms with van der Waals surface area (Å²) in [7, 11) is 0. The van der Waals surface area contributed by atoms with Crippen molar-refractivity contribution in [1.82, 2.24) is 18.3 Å². The molecule has 430 valence electrons. The van der Waals surface area contributed by atoms with E-state index >= 15 is 0 Å². The molecule has 2 aliphatic rings. The highest BCUT2D eigenvalue weighted by Crippen LogP contribution is 2.54. The summed E-state index contributed by atoms with van der Waals surface area (Å²) >= 11 is 0. The van der Waals surface area contributed by atoms with Crippen LogP contribution in [-0.2, 0) is 10.8 Å². The summed E-state index contributed by atoms with van der Waals surface area (Å²) in [5, 5.41) is 20.9. The first-order valence-electron chi connectivity index (χ1n) is 31.7. The first-order chi connectivity index (χ1) is 45.0. The van der Waals surface area contributed by atoms with Crippen molar-refractivity contribution in [2.45, 2.75) is 38.5 Å². The van der Waals surface area contributed by atoms with Gasteiger partial charge in [-0.1, -0.05) is 173 Å². The highest BCUT2D eigenvalue weighted by molar-refractivity contribution is 6.17. The maximum absolute atomic E-state index is 11.8. The van der Waals surface area contributed by atoms with E-state index in [1.165, 1.54) is 77.1 Å². The molecule has 6 nitrogen and oxygen atoms in total. The number of nitriles is 1.